The van der Waals surface area contributed by atoms with Crippen LogP contribution in [0, 0.1) is 17.8 Å². The van der Waals surface area contributed by atoms with E-state index in [4.69, 9.17) is 33.3 Å². The van der Waals surface area contributed by atoms with Crippen molar-refractivity contribution in [2.45, 2.75) is 134 Å². The molecule has 5 rings (SSSR count). The van der Waals surface area contributed by atoms with Gasteiger partial charge in [0.25, 0.3) is 0 Å². The molecule has 15 nitrogen and oxygen atoms in total. The normalized spacial score (nSPS) is 36.7. The van der Waals surface area contributed by atoms with Crippen molar-refractivity contribution in [3.8, 4) is 0 Å². The Bertz CT molecular complexity index is 1810. The number of rotatable bonds is 8. The molecule has 13 atom stereocenters. The van der Waals surface area contributed by atoms with Crippen LogP contribution in [0.15, 0.2) is 65.8 Å². The SMILES string of the molecule is CC[C@H]1OC(=O)[C@H](C)[C@H]2C[C@@H](OC3O[C@H](C)C[C@H](N(C)C)[C@H]3OC(=O)c3ccccc3)[C@](C)(C[C@@H](C)/C(=N\OC(=O)c3ccccc3)[C@H](C)[C@H](O)[C@]1(C)O)OCC(=O)CO2. The molecule has 3 aliphatic heterocycles. The van der Waals surface area contributed by atoms with Gasteiger partial charge in [-0.05, 0) is 85.3 Å². The lowest BCUT2D eigenvalue weighted by molar-refractivity contribution is -0.293. The van der Waals surface area contributed by atoms with Crippen molar-refractivity contribution in [1.29, 1.82) is 0 Å². The zero-order chi connectivity index (χ0) is 43.9. The summed E-state index contributed by atoms with van der Waals surface area (Å²) in [6.07, 6.45) is -6.50. The average Bonchev–Trinajstić information content (AvgIpc) is 3.28. The molecule has 3 aliphatic rings. The molecule has 3 fully saturated rings. The minimum Gasteiger partial charge on any atom is -0.459 e. The van der Waals surface area contributed by atoms with Gasteiger partial charge in [0.05, 0.1) is 58.8 Å². The number of likely N-dealkylation sites (N-methyl/N-ethyl adjacent to an activating group) is 1. The molecule has 1 unspecified atom stereocenters. The first-order chi connectivity index (χ1) is 28.4. The van der Waals surface area contributed by atoms with E-state index in [-0.39, 0.29) is 55.9 Å². The third-order valence-corrected chi connectivity index (χ3v) is 12.2. The summed E-state index contributed by atoms with van der Waals surface area (Å²) < 4.78 is 38.4. The molecule has 15 heteroatoms. The molecule has 3 saturated heterocycles. The molecule has 0 spiro atoms. The van der Waals surface area contributed by atoms with Gasteiger partial charge in [-0.3, -0.25) is 9.59 Å². The monoisotopic (exact) mass is 838 g/mol. The molecule has 0 aromatic heterocycles. The Hall–Kier alpha value is -4.09. The summed E-state index contributed by atoms with van der Waals surface area (Å²) in [5.41, 5.74) is -2.62. The van der Waals surface area contributed by atoms with Crippen LogP contribution in [0.1, 0.15) is 94.9 Å². The Morgan fingerprint density at radius 3 is 2.12 bits per heavy atom. The predicted octanol–water partition coefficient (Wildman–Crippen LogP) is 4.75. The van der Waals surface area contributed by atoms with Gasteiger partial charge in [-0.1, -0.05) is 62.3 Å². The largest absolute Gasteiger partial charge is 0.459 e. The lowest BCUT2D eigenvalue weighted by atomic mass is 9.75. The lowest BCUT2D eigenvalue weighted by Gasteiger charge is -2.47. The first kappa shape index (κ1) is 47.0. The second-order valence-electron chi connectivity index (χ2n) is 17.1. The molecule has 2 aromatic carbocycles. The van der Waals surface area contributed by atoms with E-state index in [1.165, 1.54) is 6.92 Å². The highest BCUT2D eigenvalue weighted by Crippen LogP contribution is 2.39. The maximum absolute atomic E-state index is 14.0. The van der Waals surface area contributed by atoms with Gasteiger partial charge in [0.2, 0.25) is 0 Å². The number of aliphatic hydroxyl groups is 2. The van der Waals surface area contributed by atoms with Gasteiger partial charge in [0, 0.05) is 18.3 Å². The van der Waals surface area contributed by atoms with Gasteiger partial charge in [-0.25, -0.2) is 9.59 Å². The summed E-state index contributed by atoms with van der Waals surface area (Å²) in [5, 5.41) is 28.2. The van der Waals surface area contributed by atoms with E-state index >= 15 is 0 Å². The summed E-state index contributed by atoms with van der Waals surface area (Å²) >= 11 is 0. The van der Waals surface area contributed by atoms with Crippen molar-refractivity contribution in [2.24, 2.45) is 22.9 Å². The topological polar surface area (TPSA) is 189 Å². The summed E-state index contributed by atoms with van der Waals surface area (Å²) in [4.78, 5) is 61.7. The number of cyclic esters (lactones) is 1. The minimum absolute atomic E-state index is 0.0200. The third kappa shape index (κ3) is 11.0. The molecule has 330 valence electrons. The molecule has 2 aromatic rings. The highest BCUT2D eigenvalue weighted by Gasteiger charge is 2.51. The van der Waals surface area contributed by atoms with Crippen molar-refractivity contribution >= 4 is 29.4 Å². The molecular formula is C45H62N2O13. The smallest absolute Gasteiger partial charge is 0.365 e. The maximum Gasteiger partial charge on any atom is 0.365 e. The summed E-state index contributed by atoms with van der Waals surface area (Å²) in [7, 11) is 3.76. The van der Waals surface area contributed by atoms with Crippen molar-refractivity contribution in [3.63, 3.8) is 0 Å². The van der Waals surface area contributed by atoms with Crippen LogP contribution in [0.3, 0.4) is 0 Å². The van der Waals surface area contributed by atoms with Crippen molar-refractivity contribution in [1.82, 2.24) is 4.90 Å². The standard InChI is InChI=1S/C45H62N2O13/c1-10-35-45(7,53)39(49)29(5)37(46-60-42(52)31-19-15-12-16-20-31)26(2)23-44(6)36(22-34(28(4)40(50)57-35)54-24-32(48)25-55-44)58-43-38(33(47(8)9)21-27(3)56-43)59-41(51)30-17-13-11-14-18-30/h11-20,26-29,33-36,38-39,43,49,53H,10,21-25H2,1-9H3/b46-37+/t26-,27-,28-,29+,33+,34-,35-,36-,38-,39+,43?,44+,45-/m1/s1. The molecule has 60 heavy (non-hydrogen) atoms. The summed E-state index contributed by atoms with van der Waals surface area (Å²) in [6, 6.07) is 16.5. The Balaban J connectivity index is 1.63. The van der Waals surface area contributed by atoms with Crippen LogP contribution in [0.2, 0.25) is 0 Å². The zero-order valence-electron chi connectivity index (χ0n) is 36.1. The van der Waals surface area contributed by atoms with E-state index in [1.54, 1.807) is 95.3 Å². The van der Waals surface area contributed by atoms with Crippen LogP contribution < -0.4 is 0 Å². The molecule has 0 saturated carbocycles. The molecule has 2 N–H and O–H groups in total. The second kappa shape index (κ2) is 20.2. The molecule has 0 amide bonds. The number of benzene rings is 2. The van der Waals surface area contributed by atoms with Gasteiger partial charge in [0.15, 0.2) is 18.2 Å². The number of Topliss-reactive ketones (excluding diaryl/α,β-unsaturated/α-hetero) is 1. The number of carbonyl (C=O) groups is 4. The van der Waals surface area contributed by atoms with Crippen LogP contribution in [-0.4, -0.2) is 132 Å². The molecule has 2 bridgehead atoms. The predicted molar refractivity (Wildman–Crippen MR) is 219 cm³/mol. The molecule has 3 heterocycles. The molecule has 0 aliphatic carbocycles. The Morgan fingerprint density at radius 2 is 1.52 bits per heavy atom. The Labute approximate surface area is 352 Å². The number of fused-ring (bicyclic) bond motifs is 3. The number of esters is 2. The molecule has 0 radical (unpaired) electrons. The van der Waals surface area contributed by atoms with Gasteiger partial charge in [0.1, 0.15) is 24.9 Å². The quantitative estimate of drug-likeness (QED) is 0.211. The number of aliphatic hydroxyl groups excluding tert-OH is 1. The number of nitrogens with zero attached hydrogens (tertiary/aromatic N) is 2. The Morgan fingerprint density at radius 1 is 0.900 bits per heavy atom. The number of hydrogen-bond donors (Lipinski definition) is 2. The van der Waals surface area contributed by atoms with Gasteiger partial charge in [-0.2, -0.15) is 0 Å². The van der Waals surface area contributed by atoms with Crippen LogP contribution in [0.25, 0.3) is 0 Å². The van der Waals surface area contributed by atoms with Crippen LogP contribution in [-0.2, 0) is 42.8 Å². The number of ether oxygens (including phenoxy) is 6. The van der Waals surface area contributed by atoms with Gasteiger partial charge < -0.3 is 48.4 Å². The Kier molecular flexibility index (Phi) is 15.8. The summed E-state index contributed by atoms with van der Waals surface area (Å²) in [5.74, 6) is -5.08. The summed E-state index contributed by atoms with van der Waals surface area (Å²) in [6.45, 7) is 11.0. The first-order valence-electron chi connectivity index (χ1n) is 20.8. The van der Waals surface area contributed by atoms with Crippen LogP contribution in [0.5, 0.6) is 0 Å². The second-order valence-corrected chi connectivity index (χ2v) is 17.1. The van der Waals surface area contributed by atoms with E-state index in [0.29, 0.717) is 12.0 Å². The number of ketones is 1. The van der Waals surface area contributed by atoms with E-state index in [1.807, 2.05) is 25.9 Å². The van der Waals surface area contributed by atoms with Gasteiger partial charge in [-0.15, -0.1) is 0 Å². The highest BCUT2D eigenvalue weighted by molar-refractivity contribution is 5.92. The number of carbonyl (C=O) groups excluding carboxylic acids is 4. The fraction of sp³-hybridized carbons (Fsp3) is 0.622. The van der Waals surface area contributed by atoms with Gasteiger partial charge >= 0.3 is 17.9 Å². The fourth-order valence-corrected chi connectivity index (χ4v) is 8.47. The lowest BCUT2D eigenvalue weighted by Crippen LogP contribution is -2.59. The van der Waals surface area contributed by atoms with Crippen LogP contribution in [0.4, 0.5) is 0 Å². The third-order valence-electron chi connectivity index (χ3n) is 12.2. The zero-order valence-corrected chi connectivity index (χ0v) is 36.1. The number of oxime groups is 1. The minimum atomic E-state index is -1.99. The fourth-order valence-electron chi connectivity index (χ4n) is 8.47. The van der Waals surface area contributed by atoms with Crippen molar-refractivity contribution in [2.75, 3.05) is 27.3 Å². The highest BCUT2D eigenvalue weighted by atomic mass is 16.7. The van der Waals surface area contributed by atoms with Crippen molar-refractivity contribution in [3.05, 3.63) is 71.8 Å². The van der Waals surface area contributed by atoms with Crippen molar-refractivity contribution < 1.29 is 62.6 Å². The average molecular weight is 839 g/mol. The van der Waals surface area contributed by atoms with Crippen LogP contribution >= 0.6 is 0 Å². The first-order valence-corrected chi connectivity index (χ1v) is 20.8. The molecular weight excluding hydrogens is 776 g/mol. The van der Waals surface area contributed by atoms with E-state index in [2.05, 4.69) is 5.16 Å². The van der Waals surface area contributed by atoms with E-state index in [0.717, 1.165) is 0 Å². The van der Waals surface area contributed by atoms with E-state index in [9.17, 15) is 29.4 Å². The van der Waals surface area contributed by atoms with E-state index < -0.39 is 89.5 Å². The number of hydrogen-bond acceptors (Lipinski definition) is 15. The maximum atomic E-state index is 14.0.